The first-order valence-corrected chi connectivity index (χ1v) is 11.2. The third-order valence-corrected chi connectivity index (χ3v) is 6.39. The van der Waals surface area contributed by atoms with Gasteiger partial charge >= 0.3 is 0 Å². The molecule has 0 spiro atoms. The molecule has 3 heterocycles. The molecule has 9 nitrogen and oxygen atoms in total. The van der Waals surface area contributed by atoms with Crippen LogP contribution in [-0.4, -0.2) is 37.7 Å². The second kappa shape index (κ2) is 9.01. The average molecular weight is 451 g/mol. The molecule has 0 aromatic carbocycles. The number of amidine groups is 1. The highest BCUT2D eigenvalue weighted by Crippen LogP contribution is 2.43. The maximum Gasteiger partial charge on any atom is 0.275 e. The van der Waals surface area contributed by atoms with Crippen molar-refractivity contribution in [2.45, 2.75) is 45.6 Å². The summed E-state index contributed by atoms with van der Waals surface area (Å²) in [5.74, 6) is 12.5. The summed E-state index contributed by atoms with van der Waals surface area (Å²) >= 11 is 1.68. The first-order valence-electron chi connectivity index (χ1n) is 10.4. The van der Waals surface area contributed by atoms with Gasteiger partial charge in [0.05, 0.1) is 9.88 Å². The van der Waals surface area contributed by atoms with Gasteiger partial charge in [0.1, 0.15) is 17.2 Å². The number of hydrogen-bond acceptors (Lipinski definition) is 8. The molecule has 0 bridgehead atoms. The van der Waals surface area contributed by atoms with E-state index in [1.54, 1.807) is 41.8 Å². The lowest BCUT2D eigenvalue weighted by Crippen LogP contribution is -2.44. The Hall–Kier alpha value is -3.37. The summed E-state index contributed by atoms with van der Waals surface area (Å²) in [5, 5.41) is 9.14. The molecule has 0 aliphatic heterocycles. The smallest absolute Gasteiger partial charge is 0.275 e. The SMILES string of the molecule is Cc1cnc(C(=O)Nc2cccc(/C(=N/N)N(N)C(C)C)n2)cc1-c1cnc(C2CC2)s1. The molecule has 1 amide bonds. The van der Waals surface area contributed by atoms with Gasteiger partial charge in [-0.1, -0.05) is 6.07 Å². The Bertz CT molecular complexity index is 1170. The minimum atomic E-state index is -0.359. The standard InChI is InChI=1S/C22H26N8OS/c1-12(2)30(24)20(29-23)16-5-4-6-19(27-16)28-21(31)17-9-15(13(3)10-25-17)18-11-26-22(32-18)14-7-8-14/h4-6,9-12,14H,7-8,23-24H2,1-3H3,(H,27,28,31)/b29-20-. The van der Waals surface area contributed by atoms with E-state index >= 15 is 0 Å². The second-order valence-electron chi connectivity index (χ2n) is 8.04. The number of aromatic nitrogens is 3. The lowest BCUT2D eigenvalue weighted by atomic mass is 10.1. The van der Waals surface area contributed by atoms with Crippen LogP contribution in [0.5, 0.6) is 0 Å². The fourth-order valence-corrected chi connectivity index (χ4v) is 4.33. The highest BCUT2D eigenvalue weighted by molar-refractivity contribution is 7.15. The molecule has 10 heteroatoms. The molecule has 3 aromatic heterocycles. The Balaban J connectivity index is 1.55. The summed E-state index contributed by atoms with van der Waals surface area (Å²) in [6.07, 6.45) is 6.00. The maximum atomic E-state index is 12.9. The number of anilines is 1. The Morgan fingerprint density at radius 2 is 2.03 bits per heavy atom. The number of thiazole rings is 1. The molecule has 166 valence electrons. The highest BCUT2D eigenvalue weighted by atomic mass is 32.1. The summed E-state index contributed by atoms with van der Waals surface area (Å²) < 4.78 is 0. The van der Waals surface area contributed by atoms with Crippen molar-refractivity contribution in [3.05, 3.63) is 58.6 Å². The number of hydrazine groups is 1. The topological polar surface area (TPSA) is 135 Å². The largest absolute Gasteiger partial charge is 0.321 e. The molecule has 4 rings (SSSR count). The van der Waals surface area contributed by atoms with Crippen LogP contribution in [0.2, 0.25) is 0 Å². The van der Waals surface area contributed by atoms with E-state index < -0.39 is 0 Å². The zero-order valence-electron chi connectivity index (χ0n) is 18.2. The Morgan fingerprint density at radius 1 is 1.25 bits per heavy atom. The van der Waals surface area contributed by atoms with Gasteiger partial charge in [-0.2, -0.15) is 5.10 Å². The molecule has 3 aromatic rings. The molecule has 1 fully saturated rings. The van der Waals surface area contributed by atoms with Gasteiger partial charge in [-0.25, -0.2) is 15.8 Å². The first-order chi connectivity index (χ1) is 15.4. The van der Waals surface area contributed by atoms with Crippen molar-refractivity contribution in [3.63, 3.8) is 0 Å². The molecule has 1 saturated carbocycles. The number of carbonyl (C=O) groups is 1. The van der Waals surface area contributed by atoms with Crippen LogP contribution in [0.25, 0.3) is 10.4 Å². The maximum absolute atomic E-state index is 12.9. The Morgan fingerprint density at radius 3 is 2.72 bits per heavy atom. The Labute approximate surface area is 190 Å². The van der Waals surface area contributed by atoms with Gasteiger partial charge < -0.3 is 11.2 Å². The number of nitrogens with zero attached hydrogens (tertiary/aromatic N) is 5. The zero-order valence-corrected chi connectivity index (χ0v) is 19.1. The number of hydrogen-bond donors (Lipinski definition) is 3. The normalized spacial score (nSPS) is 14.0. The number of amides is 1. The van der Waals surface area contributed by atoms with E-state index in [4.69, 9.17) is 11.7 Å². The predicted octanol–water partition coefficient (Wildman–Crippen LogP) is 3.24. The van der Waals surface area contributed by atoms with Crippen LogP contribution >= 0.6 is 11.3 Å². The second-order valence-corrected chi connectivity index (χ2v) is 9.10. The van der Waals surface area contributed by atoms with E-state index in [-0.39, 0.29) is 11.9 Å². The molecular formula is C22H26N8OS. The molecule has 0 unspecified atom stereocenters. The fraction of sp³-hybridized carbons (Fsp3) is 0.318. The van der Waals surface area contributed by atoms with Gasteiger partial charge in [0, 0.05) is 29.9 Å². The first kappa shape index (κ1) is 21.8. The van der Waals surface area contributed by atoms with Crippen LogP contribution in [0, 0.1) is 6.92 Å². The number of nitrogens with one attached hydrogen (secondary N) is 1. The van der Waals surface area contributed by atoms with Gasteiger partial charge in [-0.3, -0.25) is 14.8 Å². The van der Waals surface area contributed by atoms with Crippen molar-refractivity contribution in [3.8, 4) is 10.4 Å². The van der Waals surface area contributed by atoms with Gasteiger partial charge in [0.2, 0.25) is 0 Å². The van der Waals surface area contributed by atoms with Gasteiger partial charge in [0.25, 0.3) is 5.91 Å². The zero-order chi connectivity index (χ0) is 22.8. The third-order valence-electron chi connectivity index (χ3n) is 5.19. The molecule has 32 heavy (non-hydrogen) atoms. The van der Waals surface area contributed by atoms with E-state index in [0.29, 0.717) is 29.0 Å². The van der Waals surface area contributed by atoms with Crippen LogP contribution in [0.4, 0.5) is 5.82 Å². The molecule has 0 atom stereocenters. The van der Waals surface area contributed by atoms with E-state index in [9.17, 15) is 4.79 Å². The average Bonchev–Trinajstić information content (AvgIpc) is 3.51. The van der Waals surface area contributed by atoms with Gasteiger partial charge in [-0.15, -0.1) is 11.3 Å². The molecule has 1 aliphatic rings. The van der Waals surface area contributed by atoms with Crippen molar-refractivity contribution < 1.29 is 4.79 Å². The quantitative estimate of drug-likeness (QED) is 0.227. The van der Waals surface area contributed by atoms with E-state index in [1.807, 2.05) is 27.0 Å². The molecule has 5 N–H and O–H groups in total. The number of hydrazone groups is 1. The van der Waals surface area contributed by atoms with Crippen LogP contribution in [0.15, 0.2) is 41.8 Å². The lowest BCUT2D eigenvalue weighted by molar-refractivity contribution is 0.102. The summed E-state index contributed by atoms with van der Waals surface area (Å²) in [6.45, 7) is 5.80. The van der Waals surface area contributed by atoms with Crippen LogP contribution in [0.1, 0.15) is 59.4 Å². The predicted molar refractivity (Wildman–Crippen MR) is 126 cm³/mol. The van der Waals surface area contributed by atoms with E-state index in [1.165, 1.54) is 17.9 Å². The minimum Gasteiger partial charge on any atom is -0.321 e. The van der Waals surface area contributed by atoms with Gasteiger partial charge in [-0.05, 0) is 57.4 Å². The number of carbonyl (C=O) groups excluding carboxylic acids is 1. The Kier molecular flexibility index (Phi) is 6.15. The van der Waals surface area contributed by atoms with E-state index in [0.717, 1.165) is 21.0 Å². The number of rotatable bonds is 6. The number of nitrogens with two attached hydrogens (primary N) is 2. The van der Waals surface area contributed by atoms with Crippen LogP contribution < -0.4 is 17.0 Å². The molecule has 0 saturated heterocycles. The summed E-state index contributed by atoms with van der Waals surface area (Å²) in [6, 6.07) is 6.94. The van der Waals surface area contributed by atoms with Crippen LogP contribution in [-0.2, 0) is 0 Å². The fourth-order valence-electron chi connectivity index (χ4n) is 3.16. The lowest BCUT2D eigenvalue weighted by Gasteiger charge is -2.23. The number of aryl methyl sites for hydroxylation is 1. The summed E-state index contributed by atoms with van der Waals surface area (Å²) in [7, 11) is 0. The summed E-state index contributed by atoms with van der Waals surface area (Å²) in [5.41, 5.74) is 2.71. The number of pyridine rings is 2. The van der Waals surface area contributed by atoms with Crippen molar-refractivity contribution >= 4 is 28.9 Å². The monoisotopic (exact) mass is 450 g/mol. The van der Waals surface area contributed by atoms with Crippen molar-refractivity contribution in [2.75, 3.05) is 5.32 Å². The van der Waals surface area contributed by atoms with Gasteiger partial charge in [0.15, 0.2) is 5.84 Å². The minimum absolute atomic E-state index is 0.0281. The highest BCUT2D eigenvalue weighted by Gasteiger charge is 2.27. The molecular weight excluding hydrogens is 424 g/mol. The van der Waals surface area contributed by atoms with Crippen molar-refractivity contribution in [1.29, 1.82) is 0 Å². The summed E-state index contributed by atoms with van der Waals surface area (Å²) in [4.78, 5) is 27.3. The van der Waals surface area contributed by atoms with Crippen molar-refractivity contribution in [1.82, 2.24) is 20.0 Å². The molecule has 1 aliphatic carbocycles. The van der Waals surface area contributed by atoms with E-state index in [2.05, 4.69) is 25.4 Å². The molecule has 0 radical (unpaired) electrons. The van der Waals surface area contributed by atoms with Crippen molar-refractivity contribution in [2.24, 2.45) is 16.8 Å². The third kappa shape index (κ3) is 4.61. The van der Waals surface area contributed by atoms with Crippen LogP contribution in [0.3, 0.4) is 0 Å².